The number of thioether (sulfide) groups is 1. The molecule has 0 radical (unpaired) electrons. The summed E-state index contributed by atoms with van der Waals surface area (Å²) < 4.78 is 67.6. The van der Waals surface area contributed by atoms with E-state index in [0.29, 0.717) is 23.7 Å². The van der Waals surface area contributed by atoms with Crippen LogP contribution in [0.4, 0.5) is 27.6 Å². The van der Waals surface area contributed by atoms with E-state index in [2.05, 4.69) is 11.5 Å². The summed E-state index contributed by atoms with van der Waals surface area (Å²) in [6.45, 7) is 7.82. The van der Waals surface area contributed by atoms with Crippen molar-refractivity contribution in [2.24, 2.45) is 0 Å². The summed E-state index contributed by atoms with van der Waals surface area (Å²) in [4.78, 5) is 20.3. The van der Waals surface area contributed by atoms with Gasteiger partial charge in [-0.25, -0.2) is 8.78 Å². The molecule has 1 amide bonds. The third-order valence-corrected chi connectivity index (χ3v) is 10.0. The summed E-state index contributed by atoms with van der Waals surface area (Å²) >= 11 is 1.32. The minimum Gasteiger partial charge on any atom is -0.336 e. The second kappa shape index (κ2) is 15.0. The molecule has 1 fully saturated rings. The minimum absolute atomic E-state index is 0.0262. The first kappa shape index (κ1) is 34.5. The summed E-state index contributed by atoms with van der Waals surface area (Å²) in [7, 11) is 0. The number of fused-ring (bicyclic) bond motifs is 1. The van der Waals surface area contributed by atoms with Crippen LogP contribution in [0.3, 0.4) is 0 Å². The van der Waals surface area contributed by atoms with E-state index in [1.807, 2.05) is 64.4 Å². The van der Waals surface area contributed by atoms with Crippen LogP contribution in [0.2, 0.25) is 0 Å². The Hall–Kier alpha value is -4.41. The Morgan fingerprint density at radius 3 is 2.22 bits per heavy atom. The van der Waals surface area contributed by atoms with Gasteiger partial charge in [0.2, 0.25) is 5.91 Å². The first-order chi connectivity index (χ1) is 23.6. The molecule has 0 atom stereocenters. The van der Waals surface area contributed by atoms with Crippen molar-refractivity contribution in [3.05, 3.63) is 143 Å². The van der Waals surface area contributed by atoms with Crippen LogP contribution in [-0.2, 0) is 23.3 Å². The Kier molecular flexibility index (Phi) is 10.6. The van der Waals surface area contributed by atoms with E-state index in [-0.39, 0.29) is 23.8 Å². The number of rotatable bonds is 11. The Bertz CT molecular complexity index is 1830. The van der Waals surface area contributed by atoms with E-state index in [1.165, 1.54) is 30.0 Å². The van der Waals surface area contributed by atoms with E-state index in [0.717, 1.165) is 78.6 Å². The van der Waals surface area contributed by atoms with Gasteiger partial charge in [0.15, 0.2) is 11.6 Å². The van der Waals surface area contributed by atoms with Crippen molar-refractivity contribution in [3.63, 3.8) is 0 Å². The number of benzene rings is 4. The van der Waals surface area contributed by atoms with Crippen LogP contribution in [0.15, 0.2) is 109 Å². The lowest BCUT2D eigenvalue weighted by Gasteiger charge is -2.34. The van der Waals surface area contributed by atoms with E-state index < -0.39 is 23.4 Å². The molecule has 0 aromatic heterocycles. The number of hydrogen-bond donors (Lipinski definition) is 0. The summed E-state index contributed by atoms with van der Waals surface area (Å²) in [5, 5.41) is 0.709. The number of anilines is 1. The highest BCUT2D eigenvalue weighted by Crippen LogP contribution is 2.40. The van der Waals surface area contributed by atoms with Crippen LogP contribution in [0.25, 0.3) is 16.7 Å². The normalized spacial score (nSPS) is 14.9. The quantitative estimate of drug-likeness (QED) is 0.147. The Labute approximate surface area is 287 Å². The highest BCUT2D eigenvalue weighted by atomic mass is 32.2. The van der Waals surface area contributed by atoms with Crippen LogP contribution in [0.1, 0.15) is 35.1 Å². The number of amides is 1. The molecule has 10 heteroatoms. The molecular weight excluding hydrogens is 654 g/mol. The van der Waals surface area contributed by atoms with Crippen LogP contribution >= 0.6 is 11.8 Å². The van der Waals surface area contributed by atoms with Gasteiger partial charge in [-0.15, -0.1) is 11.8 Å². The van der Waals surface area contributed by atoms with Crippen LogP contribution < -0.4 is 4.90 Å². The fourth-order valence-corrected chi connectivity index (χ4v) is 7.24. The first-order valence-electron chi connectivity index (χ1n) is 16.2. The number of carbonyl (C=O) groups is 1. The number of para-hydroxylation sites is 1. The second-order valence-electron chi connectivity index (χ2n) is 12.2. The molecule has 2 heterocycles. The van der Waals surface area contributed by atoms with Gasteiger partial charge >= 0.3 is 6.18 Å². The Morgan fingerprint density at radius 2 is 1.53 bits per heavy atom. The topological polar surface area (TPSA) is 26.8 Å². The highest BCUT2D eigenvalue weighted by molar-refractivity contribution is 8.02. The van der Waals surface area contributed by atoms with Crippen LogP contribution in [-0.4, -0.2) is 48.4 Å². The molecule has 1 saturated heterocycles. The third kappa shape index (κ3) is 8.25. The maximum atomic E-state index is 14.5. The van der Waals surface area contributed by atoms with Crippen molar-refractivity contribution < 1.29 is 26.7 Å². The fourth-order valence-electron chi connectivity index (χ4n) is 6.17. The smallest absolute Gasteiger partial charge is 0.336 e. The molecule has 0 saturated carbocycles. The third-order valence-electron chi connectivity index (χ3n) is 8.92. The lowest BCUT2D eigenvalue weighted by molar-refractivity contribution is -0.137. The number of carbonyl (C=O) groups excluding carboxylic acids is 1. The number of allylic oxidation sites excluding steroid dienone is 2. The fraction of sp³-hybridized carbons (Fsp3) is 0.256. The minimum atomic E-state index is -4.40. The van der Waals surface area contributed by atoms with Crippen LogP contribution in [0.5, 0.6) is 0 Å². The summed E-state index contributed by atoms with van der Waals surface area (Å²) in [5.74, 6) is -1.72. The van der Waals surface area contributed by atoms with E-state index >= 15 is 0 Å². The maximum absolute atomic E-state index is 14.5. The number of likely N-dealkylation sites (tertiary alicyclic amines) is 1. The molecule has 0 unspecified atom stereocenters. The van der Waals surface area contributed by atoms with E-state index in [4.69, 9.17) is 0 Å². The Morgan fingerprint density at radius 1 is 0.857 bits per heavy atom. The van der Waals surface area contributed by atoms with Crippen molar-refractivity contribution in [2.75, 3.05) is 37.6 Å². The van der Waals surface area contributed by atoms with Gasteiger partial charge in [0.1, 0.15) is 6.54 Å². The molecule has 4 aromatic rings. The van der Waals surface area contributed by atoms with Gasteiger partial charge in [0.05, 0.1) is 10.6 Å². The molecule has 4 nitrogen and oxygen atoms in total. The zero-order valence-corrected chi connectivity index (χ0v) is 27.7. The van der Waals surface area contributed by atoms with Gasteiger partial charge in [-0.3, -0.25) is 4.79 Å². The van der Waals surface area contributed by atoms with Crippen LogP contribution in [0, 0.1) is 11.6 Å². The lowest BCUT2D eigenvalue weighted by atomic mass is 10.0. The first-order valence-corrected chi connectivity index (χ1v) is 17.2. The molecular formula is C39H36F5N3OS. The van der Waals surface area contributed by atoms with E-state index in [1.54, 1.807) is 6.07 Å². The zero-order valence-electron chi connectivity index (χ0n) is 26.9. The maximum Gasteiger partial charge on any atom is 0.416 e. The average molecular weight is 690 g/mol. The number of halogens is 5. The molecule has 6 rings (SSSR count). The van der Waals surface area contributed by atoms with Crippen molar-refractivity contribution in [2.45, 2.75) is 31.3 Å². The predicted octanol–water partition coefficient (Wildman–Crippen LogP) is 9.38. The lowest BCUT2D eigenvalue weighted by Crippen LogP contribution is -2.43. The molecule has 0 N–H and O–H groups in total. The van der Waals surface area contributed by atoms with Crippen molar-refractivity contribution in [1.82, 2.24) is 9.80 Å². The highest BCUT2D eigenvalue weighted by Gasteiger charge is 2.30. The second-order valence-corrected chi connectivity index (χ2v) is 13.2. The van der Waals surface area contributed by atoms with Gasteiger partial charge in [0.25, 0.3) is 0 Å². The van der Waals surface area contributed by atoms with Gasteiger partial charge in [0, 0.05) is 42.2 Å². The van der Waals surface area contributed by atoms with Crippen molar-refractivity contribution >= 4 is 28.9 Å². The summed E-state index contributed by atoms with van der Waals surface area (Å²) in [5.41, 5.74) is 4.34. The molecule has 0 bridgehead atoms. The molecule has 0 aliphatic carbocycles. The largest absolute Gasteiger partial charge is 0.416 e. The Balaban J connectivity index is 1.22. The molecule has 2 aliphatic heterocycles. The zero-order chi connectivity index (χ0) is 34.5. The molecule has 49 heavy (non-hydrogen) atoms. The standard InChI is InChI=1S/C39H36F5N3OS/c1-27-23-37(49-26-31-7-6-9-34(40)38(31)41)47(35-10-3-2-8-33(27)35)25-36(48)46(22-21-45-19-4-5-20-45)24-28-11-13-29(14-12-28)30-15-17-32(18-16-30)39(42,43)44/h2-3,6-18,23H,1,4-5,19-22,24-26H2. The van der Waals surface area contributed by atoms with Gasteiger partial charge in [-0.05, 0) is 78.5 Å². The van der Waals surface area contributed by atoms with E-state index in [9.17, 15) is 26.7 Å². The van der Waals surface area contributed by atoms with Crippen molar-refractivity contribution in [3.8, 4) is 11.1 Å². The van der Waals surface area contributed by atoms with Crippen molar-refractivity contribution in [1.29, 1.82) is 0 Å². The number of nitrogens with zero attached hydrogens (tertiary/aromatic N) is 3. The SMILES string of the molecule is C=C1C=C(SCc2cccc(F)c2F)N(CC(=O)N(CCN2CCCC2)Cc2ccc(-c3ccc(C(F)(F)F)cc3)cc2)c2ccccc21. The van der Waals surface area contributed by atoms with Gasteiger partial charge < -0.3 is 14.7 Å². The summed E-state index contributed by atoms with van der Waals surface area (Å²) in [6.07, 6.45) is -0.256. The predicted molar refractivity (Wildman–Crippen MR) is 187 cm³/mol. The number of hydrogen-bond acceptors (Lipinski definition) is 4. The number of alkyl halides is 3. The van der Waals surface area contributed by atoms with Gasteiger partial charge in [-0.2, -0.15) is 13.2 Å². The molecule has 0 spiro atoms. The van der Waals surface area contributed by atoms with Gasteiger partial charge in [-0.1, -0.05) is 73.3 Å². The molecule has 2 aliphatic rings. The summed E-state index contributed by atoms with van der Waals surface area (Å²) in [6, 6.07) is 24.4. The average Bonchev–Trinajstić information content (AvgIpc) is 3.62. The monoisotopic (exact) mass is 689 g/mol. The molecule has 4 aromatic carbocycles. The molecule has 254 valence electrons.